The Morgan fingerprint density at radius 2 is 0.523 bits per heavy atom. The predicted octanol–water partition coefficient (Wildman–Crippen LogP) is 19.7. The van der Waals surface area contributed by atoms with Crippen LogP contribution >= 0.6 is 15.6 Å². The quantitative estimate of drug-likeness (QED) is 0.0222. The van der Waals surface area contributed by atoms with Gasteiger partial charge < -0.3 is 33.8 Å². The number of hydrogen-bond donors (Lipinski definition) is 3. The van der Waals surface area contributed by atoms with Crippen molar-refractivity contribution in [3.63, 3.8) is 0 Å². The van der Waals surface area contributed by atoms with Crippen molar-refractivity contribution in [1.29, 1.82) is 0 Å². The van der Waals surface area contributed by atoms with E-state index in [0.717, 1.165) is 109 Å². The summed E-state index contributed by atoms with van der Waals surface area (Å²) in [5.41, 5.74) is 0. The second-order valence-electron chi connectivity index (χ2n) is 25.4. The summed E-state index contributed by atoms with van der Waals surface area (Å²) in [5, 5.41) is 10.6. The lowest BCUT2D eigenvalue weighted by Crippen LogP contribution is -2.30. The lowest BCUT2D eigenvalue weighted by molar-refractivity contribution is -0.161. The number of rotatable bonds is 69. The summed E-state index contributed by atoms with van der Waals surface area (Å²) < 4.78 is 68.1. The smallest absolute Gasteiger partial charge is 0.462 e. The first-order chi connectivity index (χ1) is 42.5. The van der Waals surface area contributed by atoms with Crippen LogP contribution in [-0.4, -0.2) is 96.7 Å². The number of ether oxygens (including phenoxy) is 4. The summed E-state index contributed by atoms with van der Waals surface area (Å²) in [4.78, 5) is 72.3. The third kappa shape index (κ3) is 62.8. The van der Waals surface area contributed by atoms with Crippen LogP contribution in [0.5, 0.6) is 0 Å². The number of unbranched alkanes of at least 4 members (excludes halogenated alkanes) is 41. The maximum absolute atomic E-state index is 13.0. The normalized spacial score (nSPS) is 14.1. The summed E-state index contributed by atoms with van der Waals surface area (Å²) in [5.74, 6) is -1.35. The van der Waals surface area contributed by atoms with Crippen LogP contribution in [0.1, 0.15) is 356 Å². The van der Waals surface area contributed by atoms with Gasteiger partial charge in [0.2, 0.25) is 0 Å². The van der Waals surface area contributed by atoms with E-state index in [1.54, 1.807) is 0 Å². The van der Waals surface area contributed by atoms with Crippen molar-refractivity contribution in [3.8, 4) is 0 Å². The minimum Gasteiger partial charge on any atom is -0.462 e. The fraction of sp³-hybridized carbons (Fsp3) is 0.942. The molecule has 0 heterocycles. The van der Waals surface area contributed by atoms with Crippen molar-refractivity contribution in [2.45, 2.75) is 374 Å². The van der Waals surface area contributed by atoms with Gasteiger partial charge in [-0.05, 0) is 31.6 Å². The molecule has 0 aliphatic rings. The van der Waals surface area contributed by atoms with E-state index in [1.807, 2.05) is 0 Å². The molecule has 0 rings (SSSR count). The van der Waals surface area contributed by atoms with E-state index in [0.29, 0.717) is 25.7 Å². The summed E-state index contributed by atoms with van der Waals surface area (Å²) >= 11 is 0. The molecule has 5 atom stereocenters. The topological polar surface area (TPSA) is 237 Å². The maximum Gasteiger partial charge on any atom is 0.472 e. The molecule has 0 amide bonds. The molecule has 0 aromatic rings. The average molecular weight is 1300 g/mol. The van der Waals surface area contributed by atoms with Gasteiger partial charge in [-0.1, -0.05) is 304 Å². The molecule has 3 N–H and O–H groups in total. The Hall–Kier alpha value is -1.94. The van der Waals surface area contributed by atoms with E-state index in [4.69, 9.17) is 37.0 Å². The number of carbonyl (C=O) groups excluding carboxylic acids is 4. The highest BCUT2D eigenvalue weighted by molar-refractivity contribution is 7.47. The molecule has 0 bridgehead atoms. The van der Waals surface area contributed by atoms with E-state index in [9.17, 15) is 43.2 Å². The highest BCUT2D eigenvalue weighted by Crippen LogP contribution is 2.45. The molecule has 522 valence electrons. The van der Waals surface area contributed by atoms with Crippen LogP contribution in [-0.2, 0) is 65.4 Å². The van der Waals surface area contributed by atoms with Gasteiger partial charge in [0.1, 0.15) is 19.3 Å². The molecule has 0 fully saturated rings. The summed E-state index contributed by atoms with van der Waals surface area (Å²) in [6, 6.07) is 0. The van der Waals surface area contributed by atoms with Gasteiger partial charge in [0.05, 0.1) is 26.4 Å². The van der Waals surface area contributed by atoms with E-state index in [2.05, 4.69) is 34.6 Å². The van der Waals surface area contributed by atoms with Crippen LogP contribution in [0.2, 0.25) is 0 Å². The Labute approximate surface area is 537 Å². The second-order valence-corrected chi connectivity index (χ2v) is 28.3. The number of carbonyl (C=O) groups is 4. The Kier molecular flexibility index (Phi) is 61.1. The standard InChI is InChI=1S/C69H134O17P2/c1-6-9-12-15-18-20-21-22-23-24-25-26-31-35-40-45-50-55-69(74)86-65(59-80-67(72)53-48-43-38-34-30-28-27-29-33-37-41-46-51-62(4)5)61-84-88(77,78)82-57-63(70)56-81-87(75,76)83-60-64(58-79-66(71)52-47-42-36-17-14-11-8-3)85-68(73)54-49-44-39-32-19-16-13-10-7-2/h62-65,70H,6-61H2,1-5H3,(H,75,76)(H,77,78)/t63-,64+,65+/m0/s1. The average Bonchev–Trinajstić information content (AvgIpc) is 3.50. The molecular weight excluding hydrogens is 1160 g/mol. The SMILES string of the molecule is CCCCCCCCCCCCCCCCCCCC(=O)O[C@H](COC(=O)CCCCCCCCCCCCCCC(C)C)COP(=O)(O)OC[C@@H](O)COP(=O)(O)OC[C@@H](COC(=O)CCCCCCCCC)OC(=O)CCCCCCCCCCC. The molecule has 17 nitrogen and oxygen atoms in total. The van der Waals surface area contributed by atoms with Gasteiger partial charge in [-0.15, -0.1) is 0 Å². The summed E-state index contributed by atoms with van der Waals surface area (Å²) in [7, 11) is -9.89. The Morgan fingerprint density at radius 1 is 0.307 bits per heavy atom. The van der Waals surface area contributed by atoms with Crippen LogP contribution in [0.25, 0.3) is 0 Å². The fourth-order valence-electron chi connectivity index (χ4n) is 10.5. The molecule has 0 saturated carbocycles. The van der Waals surface area contributed by atoms with Gasteiger partial charge in [0, 0.05) is 25.7 Å². The van der Waals surface area contributed by atoms with Crippen LogP contribution < -0.4 is 0 Å². The van der Waals surface area contributed by atoms with E-state index in [1.165, 1.54) is 167 Å². The first kappa shape index (κ1) is 86.1. The van der Waals surface area contributed by atoms with Crippen molar-refractivity contribution in [2.75, 3.05) is 39.6 Å². The highest BCUT2D eigenvalue weighted by Gasteiger charge is 2.30. The van der Waals surface area contributed by atoms with Gasteiger partial charge >= 0.3 is 39.5 Å². The molecule has 0 aliphatic heterocycles. The number of aliphatic hydroxyl groups is 1. The van der Waals surface area contributed by atoms with Gasteiger partial charge in [0.25, 0.3) is 0 Å². The fourth-order valence-corrected chi connectivity index (χ4v) is 12.0. The van der Waals surface area contributed by atoms with Gasteiger partial charge in [-0.2, -0.15) is 0 Å². The Balaban J connectivity index is 5.18. The largest absolute Gasteiger partial charge is 0.472 e. The van der Waals surface area contributed by atoms with Crippen molar-refractivity contribution < 1.29 is 80.2 Å². The molecular formula is C69H134O17P2. The van der Waals surface area contributed by atoms with Crippen molar-refractivity contribution in [3.05, 3.63) is 0 Å². The minimum absolute atomic E-state index is 0.106. The van der Waals surface area contributed by atoms with Gasteiger partial charge in [-0.25, -0.2) is 9.13 Å². The van der Waals surface area contributed by atoms with Crippen molar-refractivity contribution in [2.24, 2.45) is 5.92 Å². The van der Waals surface area contributed by atoms with Gasteiger partial charge in [-0.3, -0.25) is 37.3 Å². The van der Waals surface area contributed by atoms with E-state index >= 15 is 0 Å². The lowest BCUT2D eigenvalue weighted by Gasteiger charge is -2.21. The molecule has 19 heteroatoms. The molecule has 0 aromatic heterocycles. The molecule has 0 spiro atoms. The third-order valence-corrected chi connectivity index (χ3v) is 17.9. The van der Waals surface area contributed by atoms with Crippen molar-refractivity contribution >= 4 is 39.5 Å². The minimum atomic E-state index is -4.95. The first-order valence-electron chi connectivity index (χ1n) is 36.1. The Bertz CT molecular complexity index is 1700. The molecule has 2 unspecified atom stereocenters. The zero-order valence-electron chi connectivity index (χ0n) is 56.9. The van der Waals surface area contributed by atoms with Crippen molar-refractivity contribution in [1.82, 2.24) is 0 Å². The molecule has 0 radical (unpaired) electrons. The van der Waals surface area contributed by atoms with Crippen LogP contribution in [0.15, 0.2) is 0 Å². The summed E-state index contributed by atoms with van der Waals surface area (Å²) in [6.07, 6.45) is 48.7. The lowest BCUT2D eigenvalue weighted by atomic mass is 10.0. The molecule has 88 heavy (non-hydrogen) atoms. The van der Waals surface area contributed by atoms with Gasteiger partial charge in [0.15, 0.2) is 12.2 Å². The van der Waals surface area contributed by atoms with Crippen LogP contribution in [0.4, 0.5) is 0 Å². The zero-order valence-corrected chi connectivity index (χ0v) is 58.6. The monoisotopic (exact) mass is 1300 g/mol. The molecule has 0 aromatic carbocycles. The Morgan fingerprint density at radius 3 is 0.773 bits per heavy atom. The first-order valence-corrected chi connectivity index (χ1v) is 39.1. The predicted molar refractivity (Wildman–Crippen MR) is 354 cm³/mol. The van der Waals surface area contributed by atoms with E-state index in [-0.39, 0.29) is 25.7 Å². The third-order valence-electron chi connectivity index (χ3n) is 16.0. The van der Waals surface area contributed by atoms with Crippen LogP contribution in [0, 0.1) is 5.92 Å². The highest BCUT2D eigenvalue weighted by atomic mass is 31.2. The molecule has 0 aliphatic carbocycles. The summed E-state index contributed by atoms with van der Waals surface area (Å²) in [6.45, 7) is 7.20. The maximum atomic E-state index is 13.0. The molecule has 0 saturated heterocycles. The number of hydrogen-bond acceptors (Lipinski definition) is 15. The zero-order chi connectivity index (χ0) is 64.9. The number of phosphoric acid groups is 2. The number of phosphoric ester groups is 2. The number of aliphatic hydroxyl groups excluding tert-OH is 1. The van der Waals surface area contributed by atoms with E-state index < -0.39 is 97.5 Å². The second kappa shape index (κ2) is 62.5. The van der Waals surface area contributed by atoms with Crippen LogP contribution in [0.3, 0.4) is 0 Å². The number of esters is 4.